The first kappa shape index (κ1) is 12.3. The first-order chi connectivity index (χ1) is 9.20. The minimum atomic E-state index is -0.586. The van der Waals surface area contributed by atoms with Gasteiger partial charge in [0.05, 0.1) is 6.20 Å². The molecule has 1 unspecified atom stereocenters. The van der Waals surface area contributed by atoms with Crippen LogP contribution in [-0.2, 0) is 6.42 Å². The topological polar surface area (TPSA) is 29.9 Å². The predicted molar refractivity (Wildman–Crippen MR) is 68.2 cm³/mol. The molecule has 3 rings (SSSR count). The van der Waals surface area contributed by atoms with Gasteiger partial charge in [0.15, 0.2) is 5.82 Å². The highest BCUT2D eigenvalue weighted by Crippen LogP contribution is 2.31. The highest BCUT2D eigenvalue weighted by molar-refractivity contribution is 5.38. The van der Waals surface area contributed by atoms with Gasteiger partial charge in [-0.3, -0.25) is 0 Å². The molecule has 1 aromatic carbocycles. The van der Waals surface area contributed by atoms with Crippen LogP contribution < -0.4 is 5.32 Å². The summed E-state index contributed by atoms with van der Waals surface area (Å²) in [5, 5.41) is 7.51. The average molecular weight is 263 g/mol. The van der Waals surface area contributed by atoms with Gasteiger partial charge >= 0.3 is 0 Å². The van der Waals surface area contributed by atoms with Crippen molar-refractivity contribution in [2.24, 2.45) is 0 Å². The molecule has 0 saturated carbocycles. The van der Waals surface area contributed by atoms with E-state index in [9.17, 15) is 8.78 Å². The third kappa shape index (κ3) is 2.04. The number of rotatable bonds is 2. The fourth-order valence-corrected chi connectivity index (χ4v) is 2.72. The Labute approximate surface area is 110 Å². The maximum atomic E-state index is 13.8. The zero-order valence-corrected chi connectivity index (χ0v) is 10.7. The second kappa shape index (κ2) is 4.74. The number of aromatic nitrogens is 2. The standard InChI is InChI=1S/C14H15F2N3/c1-17-12-3-2-4-13-10(12)8-18-19(13)14-6-5-9(15)7-11(14)16/h5-8,12,17H,2-4H2,1H3. The van der Waals surface area contributed by atoms with Crippen LogP contribution in [-0.4, -0.2) is 16.8 Å². The largest absolute Gasteiger partial charge is 0.313 e. The van der Waals surface area contributed by atoms with Gasteiger partial charge in [-0.2, -0.15) is 5.10 Å². The fourth-order valence-electron chi connectivity index (χ4n) is 2.72. The van der Waals surface area contributed by atoms with E-state index in [1.54, 1.807) is 10.9 Å². The summed E-state index contributed by atoms with van der Waals surface area (Å²) in [5.41, 5.74) is 2.42. The number of benzene rings is 1. The van der Waals surface area contributed by atoms with Crippen molar-refractivity contribution in [3.63, 3.8) is 0 Å². The van der Waals surface area contributed by atoms with Crippen LogP contribution in [0.3, 0.4) is 0 Å². The van der Waals surface area contributed by atoms with Gasteiger partial charge in [0, 0.05) is 23.4 Å². The monoisotopic (exact) mass is 263 g/mol. The van der Waals surface area contributed by atoms with Crippen molar-refractivity contribution >= 4 is 0 Å². The van der Waals surface area contributed by atoms with E-state index in [2.05, 4.69) is 10.4 Å². The van der Waals surface area contributed by atoms with Crippen LogP contribution in [0, 0.1) is 11.6 Å². The van der Waals surface area contributed by atoms with Gasteiger partial charge in [-0.25, -0.2) is 13.5 Å². The van der Waals surface area contributed by atoms with Crippen molar-refractivity contribution in [2.45, 2.75) is 25.3 Å². The van der Waals surface area contributed by atoms with Crippen molar-refractivity contribution in [3.05, 3.63) is 47.3 Å². The maximum absolute atomic E-state index is 13.8. The molecule has 0 radical (unpaired) electrons. The minimum absolute atomic E-state index is 0.265. The lowest BCUT2D eigenvalue weighted by Gasteiger charge is -2.22. The Morgan fingerprint density at radius 2 is 2.21 bits per heavy atom. The molecular weight excluding hydrogens is 248 g/mol. The van der Waals surface area contributed by atoms with E-state index in [1.807, 2.05) is 7.05 Å². The van der Waals surface area contributed by atoms with E-state index in [0.29, 0.717) is 5.69 Å². The van der Waals surface area contributed by atoms with E-state index in [-0.39, 0.29) is 6.04 Å². The molecule has 100 valence electrons. The predicted octanol–water partition coefficient (Wildman–Crippen LogP) is 2.75. The molecule has 19 heavy (non-hydrogen) atoms. The van der Waals surface area contributed by atoms with Crippen LogP contribution >= 0.6 is 0 Å². The molecule has 2 aromatic rings. The number of nitrogens with one attached hydrogen (secondary N) is 1. The van der Waals surface area contributed by atoms with Crippen molar-refractivity contribution in [3.8, 4) is 5.69 Å². The van der Waals surface area contributed by atoms with E-state index in [1.165, 1.54) is 12.1 Å². The molecule has 3 nitrogen and oxygen atoms in total. The van der Waals surface area contributed by atoms with Gasteiger partial charge in [0.2, 0.25) is 0 Å². The van der Waals surface area contributed by atoms with E-state index < -0.39 is 11.6 Å². The van der Waals surface area contributed by atoms with Crippen LogP contribution in [0.5, 0.6) is 0 Å². The molecule has 0 saturated heterocycles. The highest BCUT2D eigenvalue weighted by Gasteiger charge is 2.24. The van der Waals surface area contributed by atoms with Crippen LogP contribution in [0.25, 0.3) is 5.69 Å². The van der Waals surface area contributed by atoms with Crippen LogP contribution in [0.15, 0.2) is 24.4 Å². The van der Waals surface area contributed by atoms with Gasteiger partial charge in [-0.1, -0.05) is 0 Å². The summed E-state index contributed by atoms with van der Waals surface area (Å²) in [4.78, 5) is 0. The fraction of sp³-hybridized carbons (Fsp3) is 0.357. The maximum Gasteiger partial charge on any atom is 0.151 e. The summed E-state index contributed by atoms with van der Waals surface area (Å²) in [5.74, 6) is -1.16. The van der Waals surface area contributed by atoms with Gasteiger partial charge < -0.3 is 5.32 Å². The summed E-state index contributed by atoms with van der Waals surface area (Å²) < 4.78 is 28.4. The van der Waals surface area contributed by atoms with Crippen LogP contribution in [0.1, 0.15) is 30.1 Å². The molecule has 1 atom stereocenters. The quantitative estimate of drug-likeness (QED) is 0.903. The summed E-state index contributed by atoms with van der Waals surface area (Å²) in [7, 11) is 1.91. The first-order valence-electron chi connectivity index (χ1n) is 6.40. The number of hydrogen-bond acceptors (Lipinski definition) is 2. The Morgan fingerprint density at radius 3 is 2.95 bits per heavy atom. The molecule has 1 heterocycles. The Morgan fingerprint density at radius 1 is 1.37 bits per heavy atom. The number of hydrogen-bond donors (Lipinski definition) is 1. The molecule has 1 N–H and O–H groups in total. The van der Waals surface area contributed by atoms with Gasteiger partial charge in [-0.15, -0.1) is 0 Å². The van der Waals surface area contributed by atoms with Crippen LogP contribution in [0.2, 0.25) is 0 Å². The normalized spacial score (nSPS) is 18.4. The zero-order chi connectivity index (χ0) is 13.4. The molecule has 0 aliphatic heterocycles. The molecule has 0 fully saturated rings. The Hall–Kier alpha value is -1.75. The summed E-state index contributed by atoms with van der Waals surface area (Å²) in [6, 6.07) is 3.84. The number of nitrogens with zero attached hydrogens (tertiary/aromatic N) is 2. The highest BCUT2D eigenvalue weighted by atomic mass is 19.1. The lowest BCUT2D eigenvalue weighted by atomic mass is 9.93. The molecule has 1 aliphatic rings. The zero-order valence-electron chi connectivity index (χ0n) is 10.7. The number of fused-ring (bicyclic) bond motifs is 1. The smallest absolute Gasteiger partial charge is 0.151 e. The summed E-state index contributed by atoms with van der Waals surface area (Å²) in [6.45, 7) is 0. The van der Waals surface area contributed by atoms with Crippen molar-refractivity contribution < 1.29 is 8.78 Å². The second-order valence-corrected chi connectivity index (χ2v) is 4.79. The lowest BCUT2D eigenvalue weighted by Crippen LogP contribution is -2.21. The van der Waals surface area contributed by atoms with Gasteiger partial charge in [-0.05, 0) is 38.4 Å². The van der Waals surface area contributed by atoms with Gasteiger partial charge in [0.1, 0.15) is 11.5 Å². The van der Waals surface area contributed by atoms with Crippen LogP contribution in [0.4, 0.5) is 8.78 Å². The molecule has 1 aliphatic carbocycles. The average Bonchev–Trinajstić information content (AvgIpc) is 2.82. The molecule has 5 heteroatoms. The summed E-state index contributed by atoms with van der Waals surface area (Å²) in [6.07, 6.45) is 4.73. The Kier molecular flexibility index (Phi) is 3.06. The Balaban J connectivity index is 2.09. The molecule has 0 bridgehead atoms. The molecule has 0 amide bonds. The number of halogens is 2. The summed E-state index contributed by atoms with van der Waals surface area (Å²) >= 11 is 0. The third-order valence-corrected chi connectivity index (χ3v) is 3.67. The van der Waals surface area contributed by atoms with E-state index in [0.717, 1.165) is 36.6 Å². The molecule has 0 spiro atoms. The van der Waals surface area contributed by atoms with Gasteiger partial charge in [0.25, 0.3) is 0 Å². The lowest BCUT2D eigenvalue weighted by molar-refractivity contribution is 0.488. The SMILES string of the molecule is CNC1CCCc2c1cnn2-c1ccc(F)cc1F. The Bertz CT molecular complexity index is 607. The second-order valence-electron chi connectivity index (χ2n) is 4.79. The van der Waals surface area contributed by atoms with Crippen molar-refractivity contribution in [1.29, 1.82) is 0 Å². The first-order valence-corrected chi connectivity index (χ1v) is 6.40. The minimum Gasteiger partial charge on any atom is -0.313 e. The van der Waals surface area contributed by atoms with E-state index >= 15 is 0 Å². The van der Waals surface area contributed by atoms with Crippen molar-refractivity contribution in [1.82, 2.24) is 15.1 Å². The molecular formula is C14H15F2N3. The third-order valence-electron chi connectivity index (χ3n) is 3.67. The molecule has 1 aromatic heterocycles. The van der Waals surface area contributed by atoms with E-state index in [4.69, 9.17) is 0 Å². The van der Waals surface area contributed by atoms with Crippen molar-refractivity contribution in [2.75, 3.05) is 7.05 Å².